The normalized spacial score (nSPS) is 13.6. The van der Waals surface area contributed by atoms with Crippen LogP contribution < -0.4 is 4.74 Å². The minimum absolute atomic E-state index is 0.00344. The Hall–Kier alpha value is -2.59. The van der Waals surface area contributed by atoms with Crippen molar-refractivity contribution in [2.45, 2.75) is 32.5 Å². The van der Waals surface area contributed by atoms with E-state index in [4.69, 9.17) is 4.74 Å². The summed E-state index contributed by atoms with van der Waals surface area (Å²) < 4.78 is 49.2. The van der Waals surface area contributed by atoms with Crippen LogP contribution in [0.4, 0.5) is 18.0 Å². The van der Waals surface area contributed by atoms with Crippen molar-refractivity contribution in [3.05, 3.63) is 58.1 Å². The minimum atomic E-state index is -4.62. The molecule has 0 radical (unpaired) electrons. The number of amides is 1. The molecule has 0 saturated heterocycles. The molecule has 0 saturated carbocycles. The first-order valence-corrected chi connectivity index (χ1v) is 12.6. The van der Waals surface area contributed by atoms with Crippen LogP contribution >= 0.6 is 27.3 Å². The van der Waals surface area contributed by atoms with E-state index >= 15 is 0 Å². The van der Waals surface area contributed by atoms with E-state index in [9.17, 15) is 23.1 Å². The average molecular weight is 555 g/mol. The van der Waals surface area contributed by atoms with Crippen LogP contribution in [-0.2, 0) is 19.1 Å². The number of hydrogen-bond donors (Lipinski definition) is 1. The first kappa shape index (κ1) is 24.5. The number of hydrogen-bond acceptors (Lipinski definition) is 4. The molecule has 180 valence electrons. The van der Waals surface area contributed by atoms with Crippen LogP contribution in [0.2, 0.25) is 0 Å². The number of thiazole rings is 1. The number of rotatable bonds is 6. The molecule has 0 spiro atoms. The second kappa shape index (κ2) is 9.95. The highest BCUT2D eigenvalue weighted by molar-refractivity contribution is 9.09. The monoisotopic (exact) mass is 554 g/mol. The van der Waals surface area contributed by atoms with Gasteiger partial charge in [0.05, 0.1) is 24.4 Å². The van der Waals surface area contributed by atoms with E-state index in [0.717, 1.165) is 23.1 Å². The van der Waals surface area contributed by atoms with E-state index in [0.29, 0.717) is 40.5 Å². The number of alkyl halides is 4. The van der Waals surface area contributed by atoms with Gasteiger partial charge in [0.2, 0.25) is 0 Å². The molecule has 2 heterocycles. The van der Waals surface area contributed by atoms with Gasteiger partial charge in [0.15, 0.2) is 0 Å². The van der Waals surface area contributed by atoms with Crippen LogP contribution in [0.1, 0.15) is 28.1 Å². The topological polar surface area (TPSA) is 62.7 Å². The molecule has 0 unspecified atom stereocenters. The molecule has 3 aromatic rings. The summed E-state index contributed by atoms with van der Waals surface area (Å²) >= 11 is 4.46. The zero-order valence-electron chi connectivity index (χ0n) is 18.3. The average Bonchev–Trinajstić information content (AvgIpc) is 3.22. The molecule has 1 aliphatic rings. The summed E-state index contributed by atoms with van der Waals surface area (Å²) in [5.41, 5.74) is 1.05. The van der Waals surface area contributed by atoms with Crippen molar-refractivity contribution in [1.29, 1.82) is 0 Å². The summed E-state index contributed by atoms with van der Waals surface area (Å²) in [6.07, 6.45) is -4.51. The van der Waals surface area contributed by atoms with Gasteiger partial charge in [-0.15, -0.1) is 11.3 Å². The molecule has 2 aromatic carbocycles. The Morgan fingerprint density at radius 2 is 1.91 bits per heavy atom. The molecule has 0 aliphatic carbocycles. The number of nitrogens with zero attached hydrogens (tertiary/aromatic N) is 2. The standard InChI is InChI=1S/C24H22BrF3N2O3S/c1-14-15(5-3-8-19(14)33-12-4-10-25)16-6-2-7-17(21(16)24(26,27)28)22-29-18-9-11-30(23(31)32)13-20(18)34-22/h2-3,5-8H,4,9-13H2,1H3,(H,31,32). The maximum Gasteiger partial charge on any atom is 0.417 e. The Labute approximate surface area is 207 Å². The van der Waals surface area contributed by atoms with Crippen LogP contribution in [0.15, 0.2) is 36.4 Å². The first-order chi connectivity index (χ1) is 16.2. The fourth-order valence-electron chi connectivity index (χ4n) is 4.03. The lowest BCUT2D eigenvalue weighted by Crippen LogP contribution is -2.34. The minimum Gasteiger partial charge on any atom is -0.493 e. The highest BCUT2D eigenvalue weighted by Crippen LogP contribution is 2.46. The predicted octanol–water partition coefficient (Wildman–Crippen LogP) is 7.00. The SMILES string of the molecule is Cc1c(OCCCBr)cccc1-c1cccc(-c2nc3c(s2)CN(C(=O)O)CC3)c1C(F)(F)F. The van der Waals surface area contributed by atoms with Crippen molar-refractivity contribution < 1.29 is 27.8 Å². The van der Waals surface area contributed by atoms with Crippen molar-refractivity contribution in [2.75, 3.05) is 18.5 Å². The molecule has 1 amide bonds. The van der Waals surface area contributed by atoms with Crippen molar-refractivity contribution in [1.82, 2.24) is 9.88 Å². The molecular formula is C24H22BrF3N2O3S. The van der Waals surface area contributed by atoms with E-state index in [-0.39, 0.29) is 29.2 Å². The summed E-state index contributed by atoms with van der Waals surface area (Å²) in [4.78, 5) is 17.7. The highest BCUT2D eigenvalue weighted by atomic mass is 79.9. The lowest BCUT2D eigenvalue weighted by molar-refractivity contribution is -0.136. The number of carboxylic acid groups (broad SMARTS) is 1. The number of halogens is 4. The molecule has 1 aliphatic heterocycles. The second-order valence-corrected chi connectivity index (χ2v) is 9.77. The van der Waals surface area contributed by atoms with Gasteiger partial charge in [-0.25, -0.2) is 9.78 Å². The van der Waals surface area contributed by atoms with E-state index in [1.807, 2.05) is 0 Å². The maximum atomic E-state index is 14.5. The van der Waals surface area contributed by atoms with Crippen LogP contribution in [0.5, 0.6) is 5.75 Å². The van der Waals surface area contributed by atoms with Gasteiger partial charge in [-0.1, -0.05) is 46.3 Å². The van der Waals surface area contributed by atoms with E-state index < -0.39 is 17.8 Å². The molecule has 0 bridgehead atoms. The smallest absolute Gasteiger partial charge is 0.417 e. The molecule has 0 fully saturated rings. The van der Waals surface area contributed by atoms with Crippen LogP contribution in [0, 0.1) is 6.92 Å². The van der Waals surface area contributed by atoms with Gasteiger partial charge in [0.1, 0.15) is 10.8 Å². The van der Waals surface area contributed by atoms with Gasteiger partial charge in [0, 0.05) is 28.7 Å². The number of ether oxygens (including phenoxy) is 1. The molecule has 5 nitrogen and oxygen atoms in total. The van der Waals surface area contributed by atoms with E-state index in [2.05, 4.69) is 20.9 Å². The Kier molecular flexibility index (Phi) is 7.18. The third-order valence-electron chi connectivity index (χ3n) is 5.69. The third kappa shape index (κ3) is 4.93. The van der Waals surface area contributed by atoms with Crippen molar-refractivity contribution >= 4 is 33.4 Å². The fraction of sp³-hybridized carbons (Fsp3) is 0.333. The predicted molar refractivity (Wildman–Crippen MR) is 129 cm³/mol. The number of carbonyl (C=O) groups is 1. The molecule has 1 N–H and O–H groups in total. The molecule has 1 aromatic heterocycles. The van der Waals surface area contributed by atoms with Gasteiger partial charge in [-0.05, 0) is 36.1 Å². The van der Waals surface area contributed by atoms with Crippen molar-refractivity contribution in [3.63, 3.8) is 0 Å². The van der Waals surface area contributed by atoms with E-state index in [1.165, 1.54) is 17.0 Å². The fourth-order valence-corrected chi connectivity index (χ4v) is 5.42. The van der Waals surface area contributed by atoms with Gasteiger partial charge in [0.25, 0.3) is 0 Å². The molecular weight excluding hydrogens is 533 g/mol. The Bertz CT molecular complexity index is 1210. The maximum absolute atomic E-state index is 14.5. The van der Waals surface area contributed by atoms with Crippen LogP contribution in [-0.4, -0.2) is 39.6 Å². The van der Waals surface area contributed by atoms with Crippen LogP contribution in [0.25, 0.3) is 21.7 Å². The largest absolute Gasteiger partial charge is 0.493 e. The second-order valence-electron chi connectivity index (χ2n) is 7.89. The Morgan fingerprint density at radius 1 is 1.21 bits per heavy atom. The summed E-state index contributed by atoms with van der Waals surface area (Å²) in [6, 6.07) is 9.61. The van der Waals surface area contributed by atoms with Gasteiger partial charge in [-0.3, -0.25) is 0 Å². The van der Waals surface area contributed by atoms with Crippen LogP contribution in [0.3, 0.4) is 0 Å². The molecule has 0 atom stereocenters. The van der Waals surface area contributed by atoms with Gasteiger partial charge in [-0.2, -0.15) is 13.2 Å². The molecule has 4 rings (SSSR count). The van der Waals surface area contributed by atoms with Gasteiger partial charge < -0.3 is 14.7 Å². The number of benzene rings is 2. The van der Waals surface area contributed by atoms with Gasteiger partial charge >= 0.3 is 12.3 Å². The highest BCUT2D eigenvalue weighted by Gasteiger charge is 2.38. The Morgan fingerprint density at radius 3 is 2.62 bits per heavy atom. The van der Waals surface area contributed by atoms with Crippen molar-refractivity contribution in [2.24, 2.45) is 0 Å². The summed E-state index contributed by atoms with van der Waals surface area (Å²) in [5, 5.41) is 10.3. The quantitative estimate of drug-likeness (QED) is 0.263. The van der Waals surface area contributed by atoms with E-state index in [1.54, 1.807) is 31.2 Å². The lowest BCUT2D eigenvalue weighted by atomic mass is 9.92. The third-order valence-corrected chi connectivity index (χ3v) is 7.37. The zero-order valence-corrected chi connectivity index (χ0v) is 20.7. The molecule has 34 heavy (non-hydrogen) atoms. The number of aromatic nitrogens is 1. The lowest BCUT2D eigenvalue weighted by Gasteiger charge is -2.22. The number of fused-ring (bicyclic) bond motifs is 1. The summed E-state index contributed by atoms with van der Waals surface area (Å²) in [5.74, 6) is 0.551. The molecule has 10 heteroatoms. The summed E-state index contributed by atoms with van der Waals surface area (Å²) in [7, 11) is 0. The Balaban J connectivity index is 1.81. The summed E-state index contributed by atoms with van der Waals surface area (Å²) in [6.45, 7) is 2.63. The van der Waals surface area contributed by atoms with Crippen molar-refractivity contribution in [3.8, 4) is 27.4 Å². The zero-order chi connectivity index (χ0) is 24.5. The first-order valence-electron chi connectivity index (χ1n) is 10.7.